The second kappa shape index (κ2) is 7.32. The van der Waals surface area contributed by atoms with E-state index in [4.69, 9.17) is 0 Å². The van der Waals surface area contributed by atoms with Gasteiger partial charge in [0, 0.05) is 26.2 Å². The molecule has 0 unspecified atom stereocenters. The lowest BCUT2D eigenvalue weighted by molar-refractivity contribution is 0.0733. The van der Waals surface area contributed by atoms with Gasteiger partial charge in [0.2, 0.25) is 0 Å². The second-order valence-corrected chi connectivity index (χ2v) is 7.08. The summed E-state index contributed by atoms with van der Waals surface area (Å²) in [7, 11) is 4.00. The van der Waals surface area contributed by atoms with Crippen molar-refractivity contribution < 1.29 is 4.79 Å². The van der Waals surface area contributed by atoms with Crippen molar-refractivity contribution in [3.8, 4) is 5.69 Å². The summed E-state index contributed by atoms with van der Waals surface area (Å²) in [5, 5.41) is 4.17. The molecule has 6 heteroatoms. The first-order chi connectivity index (χ1) is 13.1. The fourth-order valence-corrected chi connectivity index (χ4v) is 3.71. The molecule has 0 saturated heterocycles. The van der Waals surface area contributed by atoms with E-state index in [0.29, 0.717) is 18.2 Å². The lowest BCUT2D eigenvalue weighted by atomic mass is 9.94. The van der Waals surface area contributed by atoms with Crippen LogP contribution in [0.2, 0.25) is 0 Å². The number of carbonyl (C=O) groups is 1. The monoisotopic (exact) mass is 361 g/mol. The van der Waals surface area contributed by atoms with Crippen molar-refractivity contribution in [3.63, 3.8) is 0 Å². The number of para-hydroxylation sites is 1. The molecule has 1 amide bonds. The van der Waals surface area contributed by atoms with E-state index in [9.17, 15) is 4.79 Å². The lowest BCUT2D eigenvalue weighted by Crippen LogP contribution is -2.46. The van der Waals surface area contributed by atoms with Crippen LogP contribution in [0, 0.1) is 0 Å². The molecule has 1 aliphatic rings. The Bertz CT molecular complexity index is 937. The molecular weight excluding hydrogens is 338 g/mol. The molecule has 27 heavy (non-hydrogen) atoms. The first kappa shape index (κ1) is 17.4. The van der Waals surface area contributed by atoms with Crippen LogP contribution < -0.4 is 0 Å². The van der Waals surface area contributed by atoms with Gasteiger partial charge in [-0.15, -0.1) is 0 Å². The Morgan fingerprint density at radius 1 is 1.15 bits per heavy atom. The molecule has 0 aliphatic carbocycles. The van der Waals surface area contributed by atoms with Gasteiger partial charge in [-0.25, -0.2) is 9.67 Å². The summed E-state index contributed by atoms with van der Waals surface area (Å²) in [5.74, 6) is -0.00615. The third-order valence-electron chi connectivity index (χ3n) is 5.25. The number of benzene rings is 2. The van der Waals surface area contributed by atoms with Crippen LogP contribution >= 0.6 is 0 Å². The summed E-state index contributed by atoms with van der Waals surface area (Å²) in [6.45, 7) is 1.59. The van der Waals surface area contributed by atoms with E-state index >= 15 is 0 Å². The first-order valence-corrected chi connectivity index (χ1v) is 9.10. The van der Waals surface area contributed by atoms with Gasteiger partial charge in [0.25, 0.3) is 5.91 Å². The van der Waals surface area contributed by atoms with Crippen molar-refractivity contribution in [1.82, 2.24) is 24.6 Å². The fraction of sp³-hybridized carbons (Fsp3) is 0.286. The minimum atomic E-state index is -0.00615. The third-order valence-corrected chi connectivity index (χ3v) is 5.25. The highest BCUT2D eigenvalue weighted by atomic mass is 16.2. The fourth-order valence-electron chi connectivity index (χ4n) is 3.71. The van der Waals surface area contributed by atoms with E-state index in [1.54, 1.807) is 11.0 Å². The van der Waals surface area contributed by atoms with E-state index in [0.717, 1.165) is 18.7 Å². The number of likely N-dealkylation sites (N-methyl/N-ethyl adjacent to an activating group) is 2. The average molecular weight is 361 g/mol. The second-order valence-electron chi connectivity index (χ2n) is 7.08. The summed E-state index contributed by atoms with van der Waals surface area (Å²) in [5.41, 5.74) is 4.13. The number of carbonyl (C=O) groups excluding carboxylic acids is 1. The predicted octanol–water partition coefficient (Wildman–Crippen LogP) is 2.40. The first-order valence-electron chi connectivity index (χ1n) is 9.10. The summed E-state index contributed by atoms with van der Waals surface area (Å²) >= 11 is 0. The highest BCUT2D eigenvalue weighted by molar-refractivity contribution is 5.97. The molecule has 6 nitrogen and oxygen atoms in total. The van der Waals surface area contributed by atoms with Crippen molar-refractivity contribution in [2.45, 2.75) is 19.0 Å². The van der Waals surface area contributed by atoms with Gasteiger partial charge < -0.3 is 4.90 Å². The molecule has 138 valence electrons. The van der Waals surface area contributed by atoms with Crippen LogP contribution in [0.5, 0.6) is 0 Å². The molecule has 2 aromatic carbocycles. The summed E-state index contributed by atoms with van der Waals surface area (Å²) in [6, 6.07) is 16.4. The van der Waals surface area contributed by atoms with Gasteiger partial charge in [-0.1, -0.05) is 36.4 Å². The zero-order chi connectivity index (χ0) is 18.8. The van der Waals surface area contributed by atoms with Gasteiger partial charge >= 0.3 is 0 Å². The Morgan fingerprint density at radius 3 is 2.67 bits per heavy atom. The lowest BCUT2D eigenvalue weighted by Gasteiger charge is -2.36. The van der Waals surface area contributed by atoms with Gasteiger partial charge in [-0.2, -0.15) is 5.10 Å². The molecule has 0 N–H and O–H groups in total. The number of hydrogen-bond donors (Lipinski definition) is 0. The predicted molar refractivity (Wildman–Crippen MR) is 104 cm³/mol. The molecular formula is C21H23N5O. The largest absolute Gasteiger partial charge is 0.340 e. The molecule has 0 spiro atoms. The van der Waals surface area contributed by atoms with Gasteiger partial charge in [0.05, 0.1) is 11.3 Å². The van der Waals surface area contributed by atoms with Crippen LogP contribution in [0.1, 0.15) is 21.5 Å². The number of fused-ring (bicyclic) bond motifs is 1. The third kappa shape index (κ3) is 3.48. The quantitative estimate of drug-likeness (QED) is 0.716. The van der Waals surface area contributed by atoms with Gasteiger partial charge in [-0.3, -0.25) is 9.69 Å². The van der Waals surface area contributed by atoms with Crippen molar-refractivity contribution >= 4 is 5.91 Å². The molecule has 0 radical (unpaired) electrons. The maximum absolute atomic E-state index is 13.1. The van der Waals surface area contributed by atoms with Crippen molar-refractivity contribution in [2.24, 2.45) is 0 Å². The summed E-state index contributed by atoms with van der Waals surface area (Å²) in [6.07, 6.45) is 4.03. The van der Waals surface area contributed by atoms with E-state index in [1.807, 2.05) is 36.2 Å². The Morgan fingerprint density at radius 2 is 1.89 bits per heavy atom. The number of amides is 1. The minimum Gasteiger partial charge on any atom is -0.340 e. The van der Waals surface area contributed by atoms with Gasteiger partial charge in [0.1, 0.15) is 12.7 Å². The number of aromatic nitrogens is 3. The Balaban J connectivity index is 1.53. The summed E-state index contributed by atoms with van der Waals surface area (Å²) in [4.78, 5) is 21.3. The van der Waals surface area contributed by atoms with Crippen LogP contribution in [0.15, 0.2) is 61.2 Å². The number of rotatable bonds is 4. The Labute approximate surface area is 159 Å². The van der Waals surface area contributed by atoms with Crippen molar-refractivity contribution in [3.05, 3.63) is 77.9 Å². The van der Waals surface area contributed by atoms with E-state index in [2.05, 4.69) is 46.3 Å². The van der Waals surface area contributed by atoms with Crippen LogP contribution in [-0.4, -0.2) is 57.2 Å². The van der Waals surface area contributed by atoms with Crippen LogP contribution in [0.4, 0.5) is 0 Å². The standard InChI is InChI=1S/C21H23N5O/c1-24-12-17-8-4-3-7-16(17)11-18(24)13-25(2)21(27)19-9-5-6-10-20(19)26-15-22-14-23-26/h3-10,14-15,18H,11-13H2,1-2H3/t18-/m1/s1. The van der Waals surface area contributed by atoms with Crippen LogP contribution in [-0.2, 0) is 13.0 Å². The maximum Gasteiger partial charge on any atom is 0.255 e. The van der Waals surface area contributed by atoms with Crippen molar-refractivity contribution in [2.75, 3.05) is 20.6 Å². The molecule has 0 fully saturated rings. The summed E-state index contributed by atoms with van der Waals surface area (Å²) < 4.78 is 1.63. The van der Waals surface area contributed by atoms with E-state index in [1.165, 1.54) is 17.5 Å². The highest BCUT2D eigenvalue weighted by Gasteiger charge is 2.26. The molecule has 0 bridgehead atoms. The maximum atomic E-state index is 13.1. The van der Waals surface area contributed by atoms with E-state index in [-0.39, 0.29) is 5.91 Å². The molecule has 1 aliphatic heterocycles. The average Bonchev–Trinajstić information content (AvgIpc) is 3.22. The molecule has 4 rings (SSSR count). The number of nitrogens with zero attached hydrogens (tertiary/aromatic N) is 5. The highest BCUT2D eigenvalue weighted by Crippen LogP contribution is 2.23. The van der Waals surface area contributed by atoms with Crippen LogP contribution in [0.3, 0.4) is 0 Å². The zero-order valence-corrected chi connectivity index (χ0v) is 15.6. The minimum absolute atomic E-state index is 0.00615. The smallest absolute Gasteiger partial charge is 0.255 e. The van der Waals surface area contributed by atoms with E-state index < -0.39 is 0 Å². The van der Waals surface area contributed by atoms with Gasteiger partial charge in [0.15, 0.2) is 0 Å². The normalized spacial score (nSPS) is 16.7. The molecule has 3 aromatic rings. The molecule has 0 saturated carbocycles. The Kier molecular flexibility index (Phi) is 4.73. The van der Waals surface area contributed by atoms with Gasteiger partial charge in [-0.05, 0) is 36.7 Å². The molecule has 2 heterocycles. The van der Waals surface area contributed by atoms with Crippen molar-refractivity contribution in [1.29, 1.82) is 0 Å². The van der Waals surface area contributed by atoms with Crippen LogP contribution in [0.25, 0.3) is 5.69 Å². The SMILES string of the molecule is CN(C[C@H]1Cc2ccccc2CN1C)C(=O)c1ccccc1-n1cncn1. The zero-order valence-electron chi connectivity index (χ0n) is 15.6. The topological polar surface area (TPSA) is 54.3 Å². The molecule has 1 atom stereocenters. The Hall–Kier alpha value is -2.99. The number of hydrogen-bond acceptors (Lipinski definition) is 4. The molecule has 1 aromatic heterocycles.